The maximum absolute atomic E-state index is 11.8. The molecular weight excluding hydrogens is 282 g/mol. The van der Waals surface area contributed by atoms with Crippen LogP contribution in [0.5, 0.6) is 0 Å². The van der Waals surface area contributed by atoms with Crippen LogP contribution in [-0.4, -0.2) is 27.0 Å². The fourth-order valence-electron chi connectivity index (χ4n) is 1.30. The van der Waals surface area contributed by atoms with Gasteiger partial charge in [-0.05, 0) is 12.1 Å². The summed E-state index contributed by atoms with van der Waals surface area (Å²) in [6.07, 6.45) is 5.12. The summed E-state index contributed by atoms with van der Waals surface area (Å²) >= 11 is 1.14. The number of aromatic nitrogens is 2. The number of amides is 1. The Morgan fingerprint density at radius 3 is 2.85 bits per heavy atom. The van der Waals surface area contributed by atoms with E-state index in [0.717, 1.165) is 17.4 Å². The second-order valence-electron chi connectivity index (χ2n) is 3.64. The Morgan fingerprint density at radius 2 is 2.20 bits per heavy atom. The second-order valence-corrected chi connectivity index (χ2v) is 4.70. The van der Waals surface area contributed by atoms with Crippen molar-refractivity contribution in [3.8, 4) is 0 Å². The molecule has 2 heterocycles. The number of rotatable bonds is 4. The average molecular weight is 291 g/mol. The topological polar surface area (TPSA) is 112 Å². The molecule has 0 saturated heterocycles. The Morgan fingerprint density at radius 1 is 1.40 bits per heavy atom. The molecule has 2 aromatic heterocycles. The van der Waals surface area contributed by atoms with Gasteiger partial charge in [-0.3, -0.25) is 14.9 Å². The minimum atomic E-state index is -1.06. The summed E-state index contributed by atoms with van der Waals surface area (Å²) in [6.45, 7) is 0. The SMILES string of the molecule is O=C(O)/C=C/c1cnc(NC(=O)c2ccc(=O)[nH]c2)s1. The fraction of sp³-hybridized carbons (Fsp3) is 0. The lowest BCUT2D eigenvalue weighted by Gasteiger charge is -2.00. The van der Waals surface area contributed by atoms with Crippen LogP contribution >= 0.6 is 11.3 Å². The lowest BCUT2D eigenvalue weighted by molar-refractivity contribution is -0.131. The van der Waals surface area contributed by atoms with Crippen molar-refractivity contribution in [2.45, 2.75) is 0 Å². The smallest absolute Gasteiger partial charge is 0.328 e. The number of hydrogen-bond donors (Lipinski definition) is 3. The third kappa shape index (κ3) is 3.62. The third-order valence-electron chi connectivity index (χ3n) is 2.18. The number of thiazole rings is 1. The molecule has 0 fully saturated rings. The molecule has 8 heteroatoms. The number of hydrogen-bond acceptors (Lipinski definition) is 5. The summed E-state index contributed by atoms with van der Waals surface area (Å²) < 4.78 is 0. The molecule has 0 radical (unpaired) electrons. The predicted octanol–water partition coefficient (Wildman–Crippen LogP) is 1.18. The highest BCUT2D eigenvalue weighted by Crippen LogP contribution is 2.19. The van der Waals surface area contributed by atoms with Crippen molar-refractivity contribution in [3.05, 3.63) is 51.4 Å². The van der Waals surface area contributed by atoms with Crippen molar-refractivity contribution in [1.82, 2.24) is 9.97 Å². The van der Waals surface area contributed by atoms with Crippen LogP contribution in [0.3, 0.4) is 0 Å². The van der Waals surface area contributed by atoms with Gasteiger partial charge in [0.25, 0.3) is 5.91 Å². The van der Waals surface area contributed by atoms with E-state index in [1.54, 1.807) is 0 Å². The number of carboxylic acid groups (broad SMARTS) is 1. The van der Waals surface area contributed by atoms with Crippen molar-refractivity contribution in [3.63, 3.8) is 0 Å². The molecule has 0 saturated carbocycles. The van der Waals surface area contributed by atoms with Gasteiger partial charge in [-0.15, -0.1) is 0 Å². The van der Waals surface area contributed by atoms with Crippen LogP contribution in [0.15, 0.2) is 35.4 Å². The summed E-state index contributed by atoms with van der Waals surface area (Å²) in [7, 11) is 0. The Bertz CT molecular complexity index is 712. The summed E-state index contributed by atoms with van der Waals surface area (Å²) in [5.41, 5.74) is -0.000629. The molecule has 0 bridgehead atoms. The van der Waals surface area contributed by atoms with Crippen molar-refractivity contribution in [2.24, 2.45) is 0 Å². The number of H-pyrrole nitrogens is 1. The Labute approximate surface area is 116 Å². The second kappa shape index (κ2) is 5.93. The van der Waals surface area contributed by atoms with Crippen molar-refractivity contribution < 1.29 is 14.7 Å². The van der Waals surface area contributed by atoms with E-state index in [4.69, 9.17) is 5.11 Å². The zero-order valence-corrected chi connectivity index (χ0v) is 10.8. The molecule has 0 aliphatic heterocycles. The molecule has 0 spiro atoms. The molecule has 0 aliphatic carbocycles. The molecule has 102 valence electrons. The number of pyridine rings is 1. The van der Waals surface area contributed by atoms with Gasteiger partial charge < -0.3 is 10.1 Å². The molecule has 0 unspecified atom stereocenters. The lowest BCUT2D eigenvalue weighted by atomic mass is 10.3. The van der Waals surface area contributed by atoms with E-state index in [1.165, 1.54) is 30.6 Å². The highest BCUT2D eigenvalue weighted by Gasteiger charge is 2.08. The number of carbonyl (C=O) groups excluding carboxylic acids is 1. The maximum Gasteiger partial charge on any atom is 0.328 e. The normalized spacial score (nSPS) is 10.6. The van der Waals surface area contributed by atoms with E-state index in [2.05, 4.69) is 15.3 Å². The first-order valence-corrected chi connectivity index (χ1v) is 6.23. The highest BCUT2D eigenvalue weighted by atomic mass is 32.1. The van der Waals surface area contributed by atoms with Crippen LogP contribution in [0.1, 0.15) is 15.2 Å². The van der Waals surface area contributed by atoms with Crippen molar-refractivity contribution in [2.75, 3.05) is 5.32 Å². The Balaban J connectivity index is 2.06. The summed E-state index contributed by atoms with van der Waals surface area (Å²) in [6, 6.07) is 2.64. The molecule has 2 rings (SSSR count). The van der Waals surface area contributed by atoms with Gasteiger partial charge in [-0.25, -0.2) is 9.78 Å². The van der Waals surface area contributed by atoms with E-state index in [-0.39, 0.29) is 5.56 Å². The maximum atomic E-state index is 11.8. The van der Waals surface area contributed by atoms with E-state index < -0.39 is 11.9 Å². The molecule has 20 heavy (non-hydrogen) atoms. The molecule has 0 atom stereocenters. The zero-order chi connectivity index (χ0) is 14.5. The number of aliphatic carboxylic acids is 1. The van der Waals surface area contributed by atoms with Gasteiger partial charge in [-0.1, -0.05) is 11.3 Å². The molecular formula is C12H9N3O4S. The predicted molar refractivity (Wildman–Crippen MR) is 73.8 cm³/mol. The van der Waals surface area contributed by atoms with Crippen LogP contribution in [-0.2, 0) is 4.79 Å². The van der Waals surface area contributed by atoms with Gasteiger partial charge in [0.1, 0.15) is 0 Å². The molecule has 2 aromatic rings. The number of aromatic amines is 1. The molecule has 0 aliphatic rings. The van der Waals surface area contributed by atoms with Crippen LogP contribution in [0.4, 0.5) is 5.13 Å². The summed E-state index contributed by atoms with van der Waals surface area (Å²) in [5, 5.41) is 11.4. The first-order valence-electron chi connectivity index (χ1n) is 5.41. The minimum absolute atomic E-state index is 0.294. The van der Waals surface area contributed by atoms with Crippen molar-refractivity contribution in [1.29, 1.82) is 0 Å². The largest absolute Gasteiger partial charge is 0.478 e. The molecule has 1 amide bonds. The van der Waals surface area contributed by atoms with Gasteiger partial charge in [0, 0.05) is 29.4 Å². The monoisotopic (exact) mass is 291 g/mol. The molecule has 7 nitrogen and oxygen atoms in total. The lowest BCUT2D eigenvalue weighted by Crippen LogP contribution is -2.14. The van der Waals surface area contributed by atoms with E-state index in [0.29, 0.717) is 15.6 Å². The zero-order valence-electron chi connectivity index (χ0n) is 9.99. The first kappa shape index (κ1) is 13.7. The summed E-state index contributed by atoms with van der Waals surface area (Å²) in [5.74, 6) is -1.47. The van der Waals surface area contributed by atoms with Crippen LogP contribution < -0.4 is 10.9 Å². The Kier molecular flexibility index (Phi) is 4.06. The van der Waals surface area contributed by atoms with Gasteiger partial charge in [0.2, 0.25) is 5.56 Å². The summed E-state index contributed by atoms with van der Waals surface area (Å²) in [4.78, 5) is 40.0. The van der Waals surface area contributed by atoms with Gasteiger partial charge >= 0.3 is 5.97 Å². The number of anilines is 1. The third-order valence-corrected chi connectivity index (χ3v) is 3.06. The Hall–Kier alpha value is -2.74. The van der Waals surface area contributed by atoms with Gasteiger partial charge in [-0.2, -0.15) is 0 Å². The van der Waals surface area contributed by atoms with Crippen LogP contribution in [0.25, 0.3) is 6.08 Å². The highest BCUT2D eigenvalue weighted by molar-refractivity contribution is 7.16. The van der Waals surface area contributed by atoms with Gasteiger partial charge in [0.15, 0.2) is 5.13 Å². The van der Waals surface area contributed by atoms with E-state index in [1.807, 2.05) is 0 Å². The number of carbonyl (C=O) groups is 2. The fourth-order valence-corrected chi connectivity index (χ4v) is 2.01. The minimum Gasteiger partial charge on any atom is -0.478 e. The number of carboxylic acids is 1. The first-order chi connectivity index (χ1) is 9.54. The average Bonchev–Trinajstić information content (AvgIpc) is 2.84. The molecule has 3 N–H and O–H groups in total. The van der Waals surface area contributed by atoms with Crippen LogP contribution in [0.2, 0.25) is 0 Å². The van der Waals surface area contributed by atoms with Crippen molar-refractivity contribution >= 4 is 34.4 Å². The van der Waals surface area contributed by atoms with E-state index >= 15 is 0 Å². The van der Waals surface area contributed by atoms with E-state index in [9.17, 15) is 14.4 Å². The van der Waals surface area contributed by atoms with Crippen LogP contribution in [0, 0.1) is 0 Å². The van der Waals surface area contributed by atoms with Gasteiger partial charge in [0.05, 0.1) is 5.56 Å². The standard InChI is InChI=1S/C12H9N3O4S/c16-9-3-1-7(5-13-9)11(19)15-12-14-6-8(20-12)2-4-10(17)18/h1-6H,(H,13,16)(H,17,18)(H,14,15,19)/b4-2+. The number of nitrogens with zero attached hydrogens (tertiary/aromatic N) is 1. The molecule has 0 aromatic carbocycles. The number of nitrogens with one attached hydrogen (secondary N) is 2. The quantitative estimate of drug-likeness (QED) is 0.732.